The largest absolute Gasteiger partial charge is 0.487 e. The van der Waals surface area contributed by atoms with Crippen LogP contribution in [0.25, 0.3) is 10.4 Å². The van der Waals surface area contributed by atoms with E-state index in [1.807, 2.05) is 18.2 Å². The average molecular weight is 588 g/mol. The normalized spacial score (nSPS) is 40.5. The van der Waals surface area contributed by atoms with Gasteiger partial charge < -0.3 is 10.5 Å². The highest BCUT2D eigenvalue weighted by Crippen LogP contribution is 2.70. The molecule has 8 nitrogen and oxygen atoms in total. The van der Waals surface area contributed by atoms with Crippen LogP contribution in [0.2, 0.25) is 0 Å². The number of hydrogen-bond acceptors (Lipinski definition) is 5. The Morgan fingerprint density at radius 3 is 2.63 bits per heavy atom. The number of rotatable bonds is 5. The van der Waals surface area contributed by atoms with E-state index in [1.165, 1.54) is 68.5 Å². The third kappa shape index (κ3) is 5.11. The van der Waals surface area contributed by atoms with Crippen LogP contribution in [0.4, 0.5) is 11.4 Å². The van der Waals surface area contributed by atoms with Crippen LogP contribution >= 0.6 is 0 Å². The van der Waals surface area contributed by atoms with Crippen molar-refractivity contribution in [1.82, 2.24) is 5.12 Å². The van der Waals surface area contributed by atoms with Crippen molar-refractivity contribution in [3.8, 4) is 5.75 Å². The fraction of sp³-hybridized carbons (Fsp3) is 0.771. The van der Waals surface area contributed by atoms with E-state index in [0.29, 0.717) is 35.0 Å². The molecule has 4 fully saturated rings. The van der Waals surface area contributed by atoms with Crippen LogP contribution < -0.4 is 10.5 Å². The molecule has 234 valence electrons. The van der Waals surface area contributed by atoms with Gasteiger partial charge in [0.25, 0.3) is 0 Å². The van der Waals surface area contributed by atoms with Crippen LogP contribution in [0.1, 0.15) is 106 Å². The number of nitrogens with two attached hydrogens (primary N) is 1. The van der Waals surface area contributed by atoms with Crippen molar-refractivity contribution in [3.05, 3.63) is 40.3 Å². The lowest BCUT2D eigenvalue weighted by Gasteiger charge is -2.65. The predicted molar refractivity (Wildman–Crippen MR) is 172 cm³/mol. The van der Waals surface area contributed by atoms with Crippen LogP contribution in [-0.2, 0) is 0 Å². The molecular formula is C35H53N7O. The lowest BCUT2D eigenvalue weighted by Crippen LogP contribution is -2.62. The molecule has 4 aliphatic carbocycles. The van der Waals surface area contributed by atoms with E-state index in [2.05, 4.69) is 68.1 Å². The van der Waals surface area contributed by atoms with Gasteiger partial charge >= 0.3 is 0 Å². The van der Waals surface area contributed by atoms with E-state index in [0.717, 1.165) is 36.0 Å². The van der Waals surface area contributed by atoms with E-state index in [9.17, 15) is 5.53 Å². The summed E-state index contributed by atoms with van der Waals surface area (Å²) in [7, 11) is 0. The molecule has 8 heteroatoms. The van der Waals surface area contributed by atoms with Gasteiger partial charge in [-0.15, -0.1) is 15.8 Å². The summed E-state index contributed by atoms with van der Waals surface area (Å²) in [4.78, 5) is 3.11. The number of nitrogens with zero attached hydrogens (tertiary/aromatic N) is 6. The van der Waals surface area contributed by atoms with Gasteiger partial charge in [0.2, 0.25) is 0 Å². The molecule has 0 aromatic heterocycles. The number of allylic oxidation sites excluding steroid dienone is 2. The third-order valence-corrected chi connectivity index (χ3v) is 13.4. The molecule has 1 aliphatic heterocycles. The third-order valence-electron chi connectivity index (χ3n) is 13.4. The van der Waals surface area contributed by atoms with E-state index >= 15 is 0 Å². The molecular weight excluding hydrogens is 534 g/mol. The van der Waals surface area contributed by atoms with Gasteiger partial charge in [-0.05, 0) is 137 Å². The fourth-order valence-electron chi connectivity index (χ4n) is 11.5. The Bertz CT molecular complexity index is 1320. The van der Waals surface area contributed by atoms with Gasteiger partial charge in [0.05, 0.1) is 0 Å². The van der Waals surface area contributed by atoms with Crippen LogP contribution in [0, 0.1) is 51.8 Å². The highest BCUT2D eigenvalue weighted by molar-refractivity contribution is 5.59. The number of azide groups is 1. The highest BCUT2D eigenvalue weighted by Gasteiger charge is 2.65. The summed E-state index contributed by atoms with van der Waals surface area (Å²) in [6, 6.07) is 5.51. The van der Waals surface area contributed by atoms with E-state index in [-0.39, 0.29) is 16.9 Å². The Morgan fingerprint density at radius 1 is 1.09 bits per heavy atom. The molecule has 0 spiro atoms. The molecule has 0 saturated heterocycles. The van der Waals surface area contributed by atoms with Gasteiger partial charge in [-0.3, -0.25) is 0 Å². The second-order valence-corrected chi connectivity index (χ2v) is 15.9. The van der Waals surface area contributed by atoms with Crippen molar-refractivity contribution in [1.29, 1.82) is 0 Å². The summed E-state index contributed by atoms with van der Waals surface area (Å²) in [6.07, 6.45) is 15.1. The SMILES string of the molecule is CC(C)=CCCC(C)C1CCC2C3CCC4C5(C)CN(N=[N+]=[N-])N=Nc6ccc(N)cc6OC5CCC4(C)C3CCC12C. The Hall–Kier alpha value is -2.73. The molecule has 1 heterocycles. The minimum absolute atomic E-state index is 0.0334. The van der Waals surface area contributed by atoms with E-state index in [4.69, 9.17) is 10.5 Å². The van der Waals surface area contributed by atoms with Crippen LogP contribution in [0.15, 0.2) is 45.4 Å². The summed E-state index contributed by atoms with van der Waals surface area (Å²) < 4.78 is 6.83. The lowest BCUT2D eigenvalue weighted by atomic mass is 9.40. The Morgan fingerprint density at radius 2 is 1.86 bits per heavy atom. The summed E-state index contributed by atoms with van der Waals surface area (Å²) in [6.45, 7) is 15.1. The van der Waals surface area contributed by atoms with Crippen molar-refractivity contribution in [2.45, 2.75) is 112 Å². The topological polar surface area (TPSA) is 112 Å². The van der Waals surface area contributed by atoms with Gasteiger partial charge in [0.1, 0.15) is 24.1 Å². The van der Waals surface area contributed by atoms with E-state index in [1.54, 1.807) is 0 Å². The second-order valence-electron chi connectivity index (χ2n) is 15.9. The maximum atomic E-state index is 9.41. The van der Waals surface area contributed by atoms with Gasteiger partial charge in [-0.1, -0.05) is 39.3 Å². The van der Waals surface area contributed by atoms with Gasteiger partial charge in [-0.2, -0.15) is 4.91 Å². The number of ether oxygens (including phenoxy) is 1. The molecule has 10 unspecified atom stereocenters. The number of nitrogen functional groups attached to an aromatic ring is 1. The standard InChI is InChI=1S/C35H53N7O/c1-22(2)8-7-9-23(3)26-12-13-27-25-11-15-31-34(5,28(25)16-18-33(26,27)4)19-17-32-35(31,6)21-42(41-39-37)40-38-29-14-10-24(36)20-30(29)43-32/h8,10,14,20,23,25-28,31-32H,7,9,11-13,15-19,21,36H2,1-6H3. The predicted octanol–water partition coefficient (Wildman–Crippen LogP) is 10.2. The zero-order valence-corrected chi connectivity index (χ0v) is 27.3. The fourth-order valence-corrected chi connectivity index (χ4v) is 11.5. The van der Waals surface area contributed by atoms with Gasteiger partial charge in [0.15, 0.2) is 0 Å². The zero-order valence-electron chi connectivity index (χ0n) is 27.3. The number of fused-ring (bicyclic) bond motifs is 8. The molecule has 1 aromatic carbocycles. The Labute approximate surface area is 258 Å². The van der Waals surface area contributed by atoms with Crippen molar-refractivity contribution in [3.63, 3.8) is 0 Å². The van der Waals surface area contributed by atoms with Crippen molar-refractivity contribution < 1.29 is 4.74 Å². The smallest absolute Gasteiger partial charge is 0.149 e. The lowest BCUT2D eigenvalue weighted by molar-refractivity contribution is -0.184. The molecule has 2 N–H and O–H groups in total. The summed E-state index contributed by atoms with van der Waals surface area (Å²) in [5.74, 6) is 5.12. The average Bonchev–Trinajstić information content (AvgIpc) is 3.33. The molecule has 1 aromatic rings. The molecule has 0 radical (unpaired) electrons. The first-order chi connectivity index (χ1) is 20.5. The van der Waals surface area contributed by atoms with E-state index < -0.39 is 0 Å². The highest BCUT2D eigenvalue weighted by atomic mass is 16.5. The van der Waals surface area contributed by atoms with Crippen molar-refractivity contribution >= 4 is 11.4 Å². The number of benzene rings is 1. The van der Waals surface area contributed by atoms with Gasteiger partial charge in [-0.25, -0.2) is 0 Å². The van der Waals surface area contributed by atoms with Gasteiger partial charge in [0, 0.05) is 27.6 Å². The quantitative estimate of drug-likeness (QED) is 0.122. The van der Waals surface area contributed by atoms with Crippen molar-refractivity contribution in [2.24, 2.45) is 67.3 Å². The molecule has 0 bridgehead atoms. The first-order valence-corrected chi connectivity index (χ1v) is 16.9. The number of anilines is 1. The van der Waals surface area contributed by atoms with Crippen LogP contribution in [0.3, 0.4) is 0 Å². The minimum atomic E-state index is -0.254. The molecule has 5 aliphatic rings. The zero-order chi connectivity index (χ0) is 30.6. The Kier molecular flexibility index (Phi) is 7.98. The molecule has 43 heavy (non-hydrogen) atoms. The minimum Gasteiger partial charge on any atom is -0.487 e. The molecule has 4 saturated carbocycles. The number of hydrogen-bond donors (Lipinski definition) is 1. The first kappa shape index (κ1) is 30.3. The molecule has 0 amide bonds. The first-order valence-electron chi connectivity index (χ1n) is 16.9. The van der Waals surface area contributed by atoms with Crippen LogP contribution in [0.5, 0.6) is 5.75 Å². The van der Waals surface area contributed by atoms with Crippen LogP contribution in [-0.4, -0.2) is 17.8 Å². The summed E-state index contributed by atoms with van der Waals surface area (Å²) in [5, 5.41) is 14.3. The summed E-state index contributed by atoms with van der Waals surface area (Å²) >= 11 is 0. The molecule has 6 rings (SSSR count). The Balaban J connectivity index is 1.28. The monoisotopic (exact) mass is 587 g/mol. The summed E-state index contributed by atoms with van der Waals surface area (Å²) in [5.41, 5.74) is 18.7. The maximum absolute atomic E-state index is 9.41. The second kappa shape index (κ2) is 11.3. The maximum Gasteiger partial charge on any atom is 0.149 e. The van der Waals surface area contributed by atoms with Crippen molar-refractivity contribution in [2.75, 3.05) is 12.3 Å². The molecule has 10 atom stereocenters.